The van der Waals surface area contributed by atoms with E-state index in [4.69, 9.17) is 4.74 Å². The number of phenols is 1. The molecular formula is C25H27NO3. The summed E-state index contributed by atoms with van der Waals surface area (Å²) in [5, 5.41) is 9.58. The third-order valence-corrected chi connectivity index (χ3v) is 4.82. The van der Waals surface area contributed by atoms with Gasteiger partial charge in [-0.25, -0.2) is 0 Å². The van der Waals surface area contributed by atoms with Gasteiger partial charge in [0.05, 0.1) is 6.61 Å². The van der Waals surface area contributed by atoms with Crippen molar-refractivity contribution in [3.63, 3.8) is 0 Å². The van der Waals surface area contributed by atoms with Gasteiger partial charge in [-0.05, 0) is 42.2 Å². The van der Waals surface area contributed by atoms with Gasteiger partial charge in [0.2, 0.25) is 0 Å². The minimum atomic E-state index is -0.431. The van der Waals surface area contributed by atoms with Crippen LogP contribution in [0.15, 0.2) is 84.9 Å². The molecule has 0 fully saturated rings. The van der Waals surface area contributed by atoms with E-state index in [1.165, 1.54) is 0 Å². The van der Waals surface area contributed by atoms with Gasteiger partial charge in [-0.3, -0.25) is 9.69 Å². The highest BCUT2D eigenvalue weighted by atomic mass is 16.5. The summed E-state index contributed by atoms with van der Waals surface area (Å²) < 4.78 is 5.43. The van der Waals surface area contributed by atoms with Crippen LogP contribution in [0.3, 0.4) is 0 Å². The largest absolute Gasteiger partial charge is 0.508 e. The minimum Gasteiger partial charge on any atom is -0.508 e. The molecular weight excluding hydrogens is 362 g/mol. The van der Waals surface area contributed by atoms with Crippen LogP contribution in [0.4, 0.5) is 0 Å². The van der Waals surface area contributed by atoms with Gasteiger partial charge in [0.25, 0.3) is 0 Å². The minimum absolute atomic E-state index is 0.215. The lowest BCUT2D eigenvalue weighted by Crippen LogP contribution is -2.43. The summed E-state index contributed by atoms with van der Waals surface area (Å²) in [7, 11) is 0. The monoisotopic (exact) mass is 389 g/mol. The number of hydrogen-bond donors (Lipinski definition) is 1. The van der Waals surface area contributed by atoms with Crippen LogP contribution in [0.1, 0.15) is 23.6 Å². The first-order chi connectivity index (χ1) is 14.2. The molecule has 0 aliphatic heterocycles. The molecule has 0 aromatic heterocycles. The van der Waals surface area contributed by atoms with Crippen molar-refractivity contribution in [3.05, 3.63) is 102 Å². The number of aromatic hydroxyl groups is 1. The molecule has 4 heteroatoms. The van der Waals surface area contributed by atoms with Gasteiger partial charge >= 0.3 is 5.97 Å². The third-order valence-electron chi connectivity index (χ3n) is 4.82. The first-order valence-corrected chi connectivity index (χ1v) is 9.92. The molecule has 0 aliphatic rings. The number of hydrogen-bond acceptors (Lipinski definition) is 4. The van der Waals surface area contributed by atoms with E-state index in [2.05, 4.69) is 29.2 Å². The molecule has 1 N–H and O–H groups in total. The highest BCUT2D eigenvalue weighted by Gasteiger charge is 2.28. The van der Waals surface area contributed by atoms with Gasteiger partial charge in [-0.15, -0.1) is 0 Å². The maximum Gasteiger partial charge on any atom is 0.323 e. The molecule has 1 unspecified atom stereocenters. The van der Waals surface area contributed by atoms with Gasteiger partial charge in [0.15, 0.2) is 0 Å². The SMILES string of the molecule is CCOC(=O)C(Cc1ccc(O)cc1)N(Cc1ccccc1)Cc1ccccc1. The van der Waals surface area contributed by atoms with Gasteiger partial charge in [0.1, 0.15) is 11.8 Å². The summed E-state index contributed by atoms with van der Waals surface area (Å²) in [5.74, 6) is -0.0145. The molecule has 1 atom stereocenters. The molecule has 0 saturated carbocycles. The Morgan fingerprint density at radius 2 is 1.34 bits per heavy atom. The topological polar surface area (TPSA) is 49.8 Å². The van der Waals surface area contributed by atoms with Crippen molar-refractivity contribution in [2.24, 2.45) is 0 Å². The smallest absolute Gasteiger partial charge is 0.323 e. The van der Waals surface area contributed by atoms with E-state index in [0.717, 1.165) is 16.7 Å². The Hall–Kier alpha value is -3.11. The van der Waals surface area contributed by atoms with Crippen LogP contribution in [0.25, 0.3) is 0 Å². The second-order valence-corrected chi connectivity index (χ2v) is 7.01. The Morgan fingerprint density at radius 3 is 1.83 bits per heavy atom. The van der Waals surface area contributed by atoms with E-state index in [1.54, 1.807) is 12.1 Å². The predicted molar refractivity (Wildman–Crippen MR) is 114 cm³/mol. The summed E-state index contributed by atoms with van der Waals surface area (Å²) in [6.07, 6.45) is 0.513. The molecule has 0 amide bonds. The molecule has 0 bridgehead atoms. The Kier molecular flexibility index (Phi) is 7.42. The van der Waals surface area contributed by atoms with Gasteiger partial charge in [0, 0.05) is 13.1 Å². The van der Waals surface area contributed by atoms with E-state index in [9.17, 15) is 9.90 Å². The molecule has 0 saturated heterocycles. The fourth-order valence-electron chi connectivity index (χ4n) is 3.37. The lowest BCUT2D eigenvalue weighted by molar-refractivity contribution is -0.150. The standard InChI is InChI=1S/C25H27NO3/c1-2-29-25(28)24(17-20-13-15-23(27)16-14-20)26(18-21-9-5-3-6-10-21)19-22-11-7-4-8-12-22/h3-16,24,27H,2,17-19H2,1H3. The van der Waals surface area contributed by atoms with Crippen molar-refractivity contribution in [1.82, 2.24) is 4.90 Å². The van der Waals surface area contributed by atoms with Crippen molar-refractivity contribution < 1.29 is 14.6 Å². The average Bonchev–Trinajstić information content (AvgIpc) is 2.74. The molecule has 3 aromatic rings. The molecule has 3 aromatic carbocycles. The number of esters is 1. The summed E-state index contributed by atoms with van der Waals surface area (Å²) in [4.78, 5) is 15.1. The van der Waals surface area contributed by atoms with Crippen molar-refractivity contribution in [1.29, 1.82) is 0 Å². The highest BCUT2D eigenvalue weighted by Crippen LogP contribution is 2.19. The molecule has 0 heterocycles. The maximum atomic E-state index is 12.9. The number of carbonyl (C=O) groups excluding carboxylic acids is 1. The summed E-state index contributed by atoms with van der Waals surface area (Å²) in [6.45, 7) is 3.44. The predicted octanol–water partition coefficient (Wildman–Crippen LogP) is 4.57. The van der Waals surface area contributed by atoms with E-state index in [-0.39, 0.29) is 11.7 Å². The van der Waals surface area contributed by atoms with Crippen LogP contribution in [0.5, 0.6) is 5.75 Å². The van der Waals surface area contributed by atoms with E-state index in [1.807, 2.05) is 55.5 Å². The molecule has 29 heavy (non-hydrogen) atoms. The van der Waals surface area contributed by atoms with Gasteiger partial charge in [-0.1, -0.05) is 72.8 Å². The highest BCUT2D eigenvalue weighted by molar-refractivity contribution is 5.76. The number of rotatable bonds is 9. The number of phenolic OH excluding ortho intramolecular Hbond substituents is 1. The van der Waals surface area contributed by atoms with E-state index in [0.29, 0.717) is 26.1 Å². The second kappa shape index (κ2) is 10.4. The van der Waals surface area contributed by atoms with Crippen molar-refractivity contribution >= 4 is 5.97 Å². The molecule has 150 valence electrons. The zero-order valence-electron chi connectivity index (χ0n) is 16.7. The Labute approximate surface area is 172 Å². The lowest BCUT2D eigenvalue weighted by atomic mass is 10.0. The number of carbonyl (C=O) groups is 1. The number of benzene rings is 3. The zero-order chi connectivity index (χ0) is 20.5. The fourth-order valence-corrected chi connectivity index (χ4v) is 3.37. The number of nitrogens with zero attached hydrogens (tertiary/aromatic N) is 1. The summed E-state index contributed by atoms with van der Waals surface area (Å²) in [5.41, 5.74) is 3.26. The molecule has 0 radical (unpaired) electrons. The Balaban J connectivity index is 1.90. The summed E-state index contributed by atoms with van der Waals surface area (Å²) in [6, 6.07) is 26.9. The average molecular weight is 389 g/mol. The summed E-state index contributed by atoms with van der Waals surface area (Å²) >= 11 is 0. The zero-order valence-corrected chi connectivity index (χ0v) is 16.7. The lowest BCUT2D eigenvalue weighted by Gasteiger charge is -2.30. The quantitative estimate of drug-likeness (QED) is 0.545. The van der Waals surface area contributed by atoms with Crippen LogP contribution in [-0.2, 0) is 29.0 Å². The number of ether oxygens (including phenoxy) is 1. The Bertz CT molecular complexity index is 837. The van der Waals surface area contributed by atoms with E-state index < -0.39 is 6.04 Å². The van der Waals surface area contributed by atoms with Crippen LogP contribution in [-0.4, -0.2) is 28.6 Å². The first-order valence-electron chi connectivity index (χ1n) is 9.92. The van der Waals surface area contributed by atoms with Crippen molar-refractivity contribution in [3.8, 4) is 5.75 Å². The normalized spacial score (nSPS) is 11.9. The molecule has 0 aliphatic carbocycles. The van der Waals surface area contributed by atoms with Crippen molar-refractivity contribution in [2.45, 2.75) is 32.5 Å². The molecule has 0 spiro atoms. The fraction of sp³-hybridized carbons (Fsp3) is 0.240. The molecule has 4 nitrogen and oxygen atoms in total. The van der Waals surface area contributed by atoms with Crippen LogP contribution in [0.2, 0.25) is 0 Å². The van der Waals surface area contributed by atoms with Gasteiger partial charge < -0.3 is 9.84 Å². The second-order valence-electron chi connectivity index (χ2n) is 7.01. The van der Waals surface area contributed by atoms with Gasteiger partial charge in [-0.2, -0.15) is 0 Å². The Morgan fingerprint density at radius 1 is 0.828 bits per heavy atom. The van der Waals surface area contributed by atoms with Crippen LogP contribution < -0.4 is 0 Å². The maximum absolute atomic E-state index is 12.9. The van der Waals surface area contributed by atoms with E-state index >= 15 is 0 Å². The molecule has 3 rings (SSSR count). The van der Waals surface area contributed by atoms with Crippen LogP contribution >= 0.6 is 0 Å². The van der Waals surface area contributed by atoms with Crippen molar-refractivity contribution in [2.75, 3.05) is 6.61 Å². The van der Waals surface area contributed by atoms with Crippen LogP contribution in [0, 0.1) is 0 Å². The first kappa shape index (κ1) is 20.6. The third kappa shape index (κ3) is 6.19.